The molecule has 5 nitrogen and oxygen atoms in total. The third kappa shape index (κ3) is 2.36. The summed E-state index contributed by atoms with van der Waals surface area (Å²) < 4.78 is 2.21. The minimum absolute atomic E-state index is 0.266. The molecular weight excluding hydrogens is 344 g/mol. The van der Waals surface area contributed by atoms with E-state index in [1.807, 2.05) is 12.3 Å². The normalized spacial score (nSPS) is 28.9. The minimum Gasteiger partial charge on any atom is -0.383 e. The molecule has 0 aromatic carbocycles. The Morgan fingerprint density at radius 3 is 3.08 bits per heavy atom. The Hall–Kier alpha value is -1.76. The fraction of sp³-hybridized carbons (Fsp3) is 0.500. The van der Waals surface area contributed by atoms with Gasteiger partial charge in [-0.15, -0.1) is 11.3 Å². The molecule has 2 fully saturated rings. The zero-order chi connectivity index (χ0) is 17.9. The van der Waals surface area contributed by atoms with Gasteiger partial charge in [0, 0.05) is 43.3 Å². The van der Waals surface area contributed by atoms with Crippen LogP contribution in [0.25, 0.3) is 4.96 Å². The van der Waals surface area contributed by atoms with Crippen molar-refractivity contribution < 1.29 is 5.11 Å². The topological polar surface area (TPSA) is 53.7 Å². The molecule has 4 heterocycles. The summed E-state index contributed by atoms with van der Waals surface area (Å²) in [5, 5.41) is 13.6. The van der Waals surface area contributed by atoms with Crippen LogP contribution < -0.4 is 0 Å². The SMILES string of the molecule is Cc1cccnc1[C@]1(O)CC[C@H]2CN(Cc3c(C)nc4sccn34)C[C@H]21. The van der Waals surface area contributed by atoms with Crippen molar-refractivity contribution in [2.45, 2.75) is 38.8 Å². The Labute approximate surface area is 157 Å². The quantitative estimate of drug-likeness (QED) is 0.772. The standard InChI is InChI=1S/C20H24N4OS/c1-13-4-3-7-21-18(13)20(25)6-5-15-10-23(11-16(15)20)12-17-14(2)22-19-24(17)8-9-26-19/h3-4,7-9,15-16,25H,5-6,10-12H2,1-2H3/t15-,16+,20-/m0/s1. The second-order valence-corrected chi connectivity index (χ2v) is 8.76. The van der Waals surface area contributed by atoms with Gasteiger partial charge in [0.25, 0.3) is 0 Å². The van der Waals surface area contributed by atoms with Crippen LogP contribution in [0.3, 0.4) is 0 Å². The van der Waals surface area contributed by atoms with Crippen LogP contribution in [-0.4, -0.2) is 37.5 Å². The number of aromatic nitrogens is 3. The van der Waals surface area contributed by atoms with Gasteiger partial charge in [-0.05, 0) is 44.2 Å². The van der Waals surface area contributed by atoms with Crippen molar-refractivity contribution in [2.75, 3.05) is 13.1 Å². The van der Waals surface area contributed by atoms with Gasteiger partial charge < -0.3 is 5.11 Å². The molecule has 6 heteroatoms. The summed E-state index contributed by atoms with van der Waals surface area (Å²) in [7, 11) is 0. The highest BCUT2D eigenvalue weighted by molar-refractivity contribution is 7.15. The lowest BCUT2D eigenvalue weighted by Crippen LogP contribution is -2.36. The highest BCUT2D eigenvalue weighted by atomic mass is 32.1. The van der Waals surface area contributed by atoms with Crippen LogP contribution in [0.2, 0.25) is 0 Å². The lowest BCUT2D eigenvalue weighted by molar-refractivity contribution is -0.0114. The lowest BCUT2D eigenvalue weighted by Gasteiger charge is -2.31. The van der Waals surface area contributed by atoms with E-state index in [4.69, 9.17) is 0 Å². The third-order valence-corrected chi connectivity index (χ3v) is 7.14. The van der Waals surface area contributed by atoms with E-state index < -0.39 is 5.60 Å². The third-order valence-electron chi connectivity index (χ3n) is 6.38. The molecule has 1 aliphatic heterocycles. The van der Waals surface area contributed by atoms with Gasteiger partial charge in [0.15, 0.2) is 4.96 Å². The monoisotopic (exact) mass is 368 g/mol. The molecule has 1 N–H and O–H groups in total. The van der Waals surface area contributed by atoms with E-state index in [0.717, 1.165) is 54.4 Å². The van der Waals surface area contributed by atoms with E-state index in [0.29, 0.717) is 5.92 Å². The Balaban J connectivity index is 1.41. The van der Waals surface area contributed by atoms with Crippen molar-refractivity contribution in [1.29, 1.82) is 0 Å². The van der Waals surface area contributed by atoms with Gasteiger partial charge in [0.05, 0.1) is 17.1 Å². The number of pyridine rings is 1. The number of hydrogen-bond acceptors (Lipinski definition) is 5. The number of aryl methyl sites for hydroxylation is 2. The van der Waals surface area contributed by atoms with Gasteiger partial charge in [-0.1, -0.05) is 6.07 Å². The van der Waals surface area contributed by atoms with Gasteiger partial charge in [-0.2, -0.15) is 0 Å². The van der Waals surface area contributed by atoms with Crippen molar-refractivity contribution in [3.63, 3.8) is 0 Å². The van der Waals surface area contributed by atoms with Crippen LogP contribution >= 0.6 is 11.3 Å². The molecule has 5 rings (SSSR count). The first-order valence-electron chi connectivity index (χ1n) is 9.34. The molecule has 136 valence electrons. The lowest BCUT2D eigenvalue weighted by atomic mass is 9.83. The molecular formula is C20H24N4OS. The Kier molecular flexibility index (Phi) is 3.71. The fourth-order valence-electron chi connectivity index (χ4n) is 5.09. The second-order valence-electron chi connectivity index (χ2n) is 7.89. The summed E-state index contributed by atoms with van der Waals surface area (Å²) in [6, 6.07) is 4.01. The molecule has 0 spiro atoms. The Morgan fingerprint density at radius 1 is 1.35 bits per heavy atom. The summed E-state index contributed by atoms with van der Waals surface area (Å²) >= 11 is 1.68. The van der Waals surface area contributed by atoms with Crippen molar-refractivity contribution >= 4 is 16.3 Å². The highest BCUT2D eigenvalue weighted by Gasteiger charge is 2.53. The fourth-order valence-corrected chi connectivity index (χ4v) is 5.87. The molecule has 26 heavy (non-hydrogen) atoms. The van der Waals surface area contributed by atoms with E-state index in [-0.39, 0.29) is 5.92 Å². The van der Waals surface area contributed by atoms with Crippen LogP contribution in [0.5, 0.6) is 0 Å². The first kappa shape index (κ1) is 16.4. The van der Waals surface area contributed by atoms with Crippen molar-refractivity contribution in [1.82, 2.24) is 19.3 Å². The maximum Gasteiger partial charge on any atom is 0.194 e. The second kappa shape index (κ2) is 5.87. The Morgan fingerprint density at radius 2 is 2.23 bits per heavy atom. The molecule has 1 aliphatic carbocycles. The van der Waals surface area contributed by atoms with E-state index >= 15 is 0 Å². The molecule has 0 bridgehead atoms. The molecule has 1 saturated carbocycles. The van der Waals surface area contributed by atoms with Crippen molar-refractivity contribution in [3.05, 3.63) is 52.6 Å². The van der Waals surface area contributed by atoms with E-state index in [2.05, 4.69) is 50.8 Å². The molecule has 1 saturated heterocycles. The number of fused-ring (bicyclic) bond motifs is 2. The first-order valence-corrected chi connectivity index (χ1v) is 10.2. The number of imidazole rings is 1. The van der Waals surface area contributed by atoms with Gasteiger partial charge in [0.2, 0.25) is 0 Å². The predicted molar refractivity (Wildman–Crippen MR) is 102 cm³/mol. The number of rotatable bonds is 3. The number of aliphatic hydroxyl groups is 1. The maximum absolute atomic E-state index is 11.5. The summed E-state index contributed by atoms with van der Waals surface area (Å²) in [5.41, 5.74) is 3.59. The smallest absolute Gasteiger partial charge is 0.194 e. The molecule has 3 aromatic heterocycles. The van der Waals surface area contributed by atoms with Crippen LogP contribution in [0.1, 0.15) is 35.5 Å². The number of hydrogen-bond donors (Lipinski definition) is 1. The summed E-state index contributed by atoms with van der Waals surface area (Å²) in [5.74, 6) is 0.815. The van der Waals surface area contributed by atoms with Gasteiger partial charge in [0.1, 0.15) is 5.60 Å². The minimum atomic E-state index is -0.783. The van der Waals surface area contributed by atoms with Crippen LogP contribution in [0.15, 0.2) is 29.9 Å². The van der Waals surface area contributed by atoms with Crippen LogP contribution in [0.4, 0.5) is 0 Å². The first-order chi connectivity index (χ1) is 12.6. The summed E-state index contributed by atoms with van der Waals surface area (Å²) in [6.07, 6.45) is 5.82. The van der Waals surface area contributed by atoms with Crippen molar-refractivity contribution in [3.8, 4) is 0 Å². The predicted octanol–water partition coefficient (Wildman–Crippen LogP) is 3.14. The zero-order valence-electron chi connectivity index (χ0n) is 15.2. The van der Waals surface area contributed by atoms with E-state index in [9.17, 15) is 5.11 Å². The van der Waals surface area contributed by atoms with E-state index in [1.54, 1.807) is 11.3 Å². The number of thiazole rings is 1. The molecule has 3 atom stereocenters. The highest BCUT2D eigenvalue weighted by Crippen LogP contribution is 2.50. The molecule has 2 aliphatic rings. The van der Waals surface area contributed by atoms with E-state index in [1.165, 1.54) is 5.69 Å². The van der Waals surface area contributed by atoms with Crippen LogP contribution in [-0.2, 0) is 12.1 Å². The molecule has 3 aromatic rings. The largest absolute Gasteiger partial charge is 0.383 e. The summed E-state index contributed by atoms with van der Waals surface area (Å²) in [6.45, 7) is 7.03. The molecule has 0 unspecified atom stereocenters. The van der Waals surface area contributed by atoms with Crippen LogP contribution in [0, 0.1) is 25.7 Å². The summed E-state index contributed by atoms with van der Waals surface area (Å²) in [4.78, 5) is 12.8. The Bertz CT molecular complexity index is 964. The average Bonchev–Trinajstić information content (AvgIpc) is 3.35. The number of likely N-dealkylation sites (tertiary alicyclic amines) is 1. The van der Waals surface area contributed by atoms with Gasteiger partial charge in [-0.25, -0.2) is 4.98 Å². The van der Waals surface area contributed by atoms with Crippen molar-refractivity contribution in [2.24, 2.45) is 11.8 Å². The molecule has 0 amide bonds. The maximum atomic E-state index is 11.5. The molecule has 0 radical (unpaired) electrons. The average molecular weight is 369 g/mol. The van der Waals surface area contributed by atoms with Gasteiger partial charge >= 0.3 is 0 Å². The van der Waals surface area contributed by atoms with Gasteiger partial charge in [-0.3, -0.25) is 14.3 Å². The number of nitrogens with zero attached hydrogens (tertiary/aromatic N) is 4. The zero-order valence-corrected chi connectivity index (χ0v) is 16.0.